The number of nitrogens with one attached hydrogen (secondary N) is 1. The number of benzene rings is 1. The highest BCUT2D eigenvalue weighted by molar-refractivity contribution is 5.91. The highest BCUT2D eigenvalue weighted by Gasteiger charge is 2.18. The van der Waals surface area contributed by atoms with Crippen LogP contribution in [0, 0.1) is 24.7 Å². The third-order valence-corrected chi connectivity index (χ3v) is 3.78. The summed E-state index contributed by atoms with van der Waals surface area (Å²) in [7, 11) is 0. The van der Waals surface area contributed by atoms with Crippen molar-refractivity contribution in [2.45, 2.75) is 39.0 Å². The van der Waals surface area contributed by atoms with Crippen LogP contribution in [0.25, 0.3) is 0 Å². The Bertz CT molecular complexity index is 534. The molecule has 3 N–H and O–H groups in total. The molecule has 0 bridgehead atoms. The van der Waals surface area contributed by atoms with E-state index >= 15 is 0 Å². The molecule has 0 unspecified atom stereocenters. The molecule has 1 amide bonds. The smallest absolute Gasteiger partial charge is 0.224 e. The van der Waals surface area contributed by atoms with Gasteiger partial charge in [0, 0.05) is 17.7 Å². The maximum atomic E-state index is 12.0. The Labute approximate surface area is 120 Å². The Morgan fingerprint density at radius 3 is 2.80 bits per heavy atom. The van der Waals surface area contributed by atoms with Crippen molar-refractivity contribution >= 4 is 11.6 Å². The zero-order valence-corrected chi connectivity index (χ0v) is 12.0. The molecule has 0 atom stereocenters. The van der Waals surface area contributed by atoms with Crippen molar-refractivity contribution in [1.82, 2.24) is 0 Å². The van der Waals surface area contributed by atoms with Crippen molar-refractivity contribution in [2.75, 3.05) is 11.9 Å². The van der Waals surface area contributed by atoms with E-state index in [1.54, 1.807) is 0 Å². The summed E-state index contributed by atoms with van der Waals surface area (Å²) in [5.74, 6) is 6.53. The molecule has 0 aromatic heterocycles. The van der Waals surface area contributed by atoms with Gasteiger partial charge < -0.3 is 11.1 Å². The van der Waals surface area contributed by atoms with Gasteiger partial charge in [0.2, 0.25) is 5.91 Å². The van der Waals surface area contributed by atoms with Gasteiger partial charge in [-0.05, 0) is 49.4 Å². The number of hydrogen-bond acceptors (Lipinski definition) is 2. The van der Waals surface area contributed by atoms with E-state index in [0.29, 0.717) is 18.9 Å². The second kappa shape index (κ2) is 7.12. The van der Waals surface area contributed by atoms with E-state index in [2.05, 4.69) is 17.2 Å². The van der Waals surface area contributed by atoms with Crippen LogP contribution in [0.3, 0.4) is 0 Å². The van der Waals surface area contributed by atoms with Crippen molar-refractivity contribution < 1.29 is 4.79 Å². The van der Waals surface area contributed by atoms with E-state index in [-0.39, 0.29) is 5.91 Å². The molecular formula is C17H22N2O. The lowest BCUT2D eigenvalue weighted by atomic mass is 10.0. The molecule has 1 saturated carbocycles. The van der Waals surface area contributed by atoms with Crippen LogP contribution in [0.5, 0.6) is 0 Å². The summed E-state index contributed by atoms with van der Waals surface area (Å²) >= 11 is 0. The maximum Gasteiger partial charge on any atom is 0.224 e. The molecule has 0 heterocycles. The highest BCUT2D eigenvalue weighted by Crippen LogP contribution is 2.28. The molecule has 20 heavy (non-hydrogen) atoms. The lowest BCUT2D eigenvalue weighted by Crippen LogP contribution is -2.15. The summed E-state index contributed by atoms with van der Waals surface area (Å²) in [4.78, 5) is 12.0. The largest absolute Gasteiger partial charge is 0.326 e. The number of rotatable bonds is 3. The summed E-state index contributed by atoms with van der Waals surface area (Å²) < 4.78 is 0. The molecule has 3 heteroatoms. The third kappa shape index (κ3) is 4.11. The molecule has 2 rings (SSSR count). The topological polar surface area (TPSA) is 55.1 Å². The first-order chi connectivity index (χ1) is 9.69. The fourth-order valence-electron chi connectivity index (χ4n) is 2.71. The number of anilines is 1. The summed E-state index contributed by atoms with van der Waals surface area (Å²) in [6, 6.07) is 5.82. The molecule has 0 aliphatic heterocycles. The molecular weight excluding hydrogens is 248 g/mol. The fraction of sp³-hybridized carbons (Fsp3) is 0.471. The van der Waals surface area contributed by atoms with Gasteiger partial charge in [-0.3, -0.25) is 4.79 Å². The zero-order valence-electron chi connectivity index (χ0n) is 12.0. The minimum Gasteiger partial charge on any atom is -0.326 e. The van der Waals surface area contributed by atoms with Crippen LogP contribution < -0.4 is 11.1 Å². The number of aryl methyl sites for hydroxylation is 1. The van der Waals surface area contributed by atoms with Crippen molar-refractivity contribution in [2.24, 2.45) is 11.7 Å². The van der Waals surface area contributed by atoms with Crippen LogP contribution in [0.1, 0.15) is 43.2 Å². The van der Waals surface area contributed by atoms with E-state index in [0.717, 1.165) is 16.8 Å². The number of nitrogens with two attached hydrogens (primary N) is 1. The molecule has 1 fully saturated rings. The summed E-state index contributed by atoms with van der Waals surface area (Å²) in [5.41, 5.74) is 8.21. The summed E-state index contributed by atoms with van der Waals surface area (Å²) in [5, 5.41) is 3.01. The van der Waals surface area contributed by atoms with Crippen molar-refractivity contribution in [3.8, 4) is 11.8 Å². The van der Waals surface area contributed by atoms with Gasteiger partial charge in [-0.1, -0.05) is 24.7 Å². The second-order valence-corrected chi connectivity index (χ2v) is 5.44. The third-order valence-electron chi connectivity index (χ3n) is 3.78. The monoisotopic (exact) mass is 270 g/mol. The van der Waals surface area contributed by atoms with E-state index in [4.69, 9.17) is 5.73 Å². The van der Waals surface area contributed by atoms with Gasteiger partial charge in [-0.15, -0.1) is 0 Å². The standard InChI is InChI=1S/C17H22N2O/c1-13-11-15(7-4-10-18)8-9-16(13)19-17(20)12-14-5-2-3-6-14/h8-9,11,14H,2-3,5-6,10,12,18H2,1H3,(H,19,20). The minimum atomic E-state index is 0.126. The molecule has 1 aromatic rings. The van der Waals surface area contributed by atoms with E-state index in [9.17, 15) is 4.79 Å². The molecule has 1 aliphatic rings. The van der Waals surface area contributed by atoms with Gasteiger partial charge in [0.1, 0.15) is 0 Å². The number of carbonyl (C=O) groups is 1. The van der Waals surface area contributed by atoms with Crippen molar-refractivity contribution in [1.29, 1.82) is 0 Å². The second-order valence-electron chi connectivity index (χ2n) is 5.44. The first kappa shape index (κ1) is 14.6. The Balaban J connectivity index is 1.96. The molecule has 1 aliphatic carbocycles. The number of amides is 1. The zero-order chi connectivity index (χ0) is 14.4. The van der Waals surface area contributed by atoms with Gasteiger partial charge in [0.25, 0.3) is 0 Å². The van der Waals surface area contributed by atoms with Crippen molar-refractivity contribution in [3.63, 3.8) is 0 Å². The first-order valence-corrected chi connectivity index (χ1v) is 7.28. The predicted octanol–water partition coefficient (Wildman–Crippen LogP) is 2.82. The average molecular weight is 270 g/mol. The average Bonchev–Trinajstić information content (AvgIpc) is 2.92. The molecule has 106 valence electrons. The Morgan fingerprint density at radius 2 is 2.15 bits per heavy atom. The predicted molar refractivity (Wildman–Crippen MR) is 82.3 cm³/mol. The fourth-order valence-corrected chi connectivity index (χ4v) is 2.71. The number of hydrogen-bond donors (Lipinski definition) is 2. The van der Waals surface area contributed by atoms with Crippen LogP contribution in [0.15, 0.2) is 18.2 Å². The lowest BCUT2D eigenvalue weighted by molar-refractivity contribution is -0.117. The van der Waals surface area contributed by atoms with E-state index < -0.39 is 0 Å². The van der Waals surface area contributed by atoms with Gasteiger partial charge in [0.05, 0.1) is 6.54 Å². The Morgan fingerprint density at radius 1 is 1.40 bits per heavy atom. The van der Waals surface area contributed by atoms with Crippen LogP contribution in [0.2, 0.25) is 0 Å². The summed E-state index contributed by atoms with van der Waals surface area (Å²) in [6.45, 7) is 2.34. The van der Waals surface area contributed by atoms with Gasteiger partial charge >= 0.3 is 0 Å². The van der Waals surface area contributed by atoms with Gasteiger partial charge in [-0.2, -0.15) is 0 Å². The summed E-state index contributed by atoms with van der Waals surface area (Å²) in [6.07, 6.45) is 5.57. The molecule has 0 spiro atoms. The van der Waals surface area contributed by atoms with Gasteiger partial charge in [0.15, 0.2) is 0 Å². The number of carbonyl (C=O) groups excluding carboxylic acids is 1. The van der Waals surface area contributed by atoms with E-state index in [1.807, 2.05) is 25.1 Å². The lowest BCUT2D eigenvalue weighted by Gasteiger charge is -2.11. The minimum absolute atomic E-state index is 0.126. The Hall–Kier alpha value is -1.79. The molecule has 0 radical (unpaired) electrons. The Kier molecular flexibility index (Phi) is 5.20. The maximum absolute atomic E-state index is 12.0. The molecule has 3 nitrogen and oxygen atoms in total. The quantitative estimate of drug-likeness (QED) is 0.830. The van der Waals surface area contributed by atoms with Crippen LogP contribution in [0.4, 0.5) is 5.69 Å². The van der Waals surface area contributed by atoms with E-state index in [1.165, 1.54) is 25.7 Å². The van der Waals surface area contributed by atoms with Crippen LogP contribution in [-0.2, 0) is 4.79 Å². The van der Waals surface area contributed by atoms with Crippen LogP contribution >= 0.6 is 0 Å². The first-order valence-electron chi connectivity index (χ1n) is 7.28. The van der Waals surface area contributed by atoms with Gasteiger partial charge in [-0.25, -0.2) is 0 Å². The normalized spacial score (nSPS) is 14.7. The molecule has 1 aromatic carbocycles. The SMILES string of the molecule is Cc1cc(C#CCN)ccc1NC(=O)CC1CCCC1. The van der Waals surface area contributed by atoms with Crippen LogP contribution in [-0.4, -0.2) is 12.5 Å². The highest BCUT2D eigenvalue weighted by atomic mass is 16.1. The van der Waals surface area contributed by atoms with Crippen molar-refractivity contribution in [3.05, 3.63) is 29.3 Å². The molecule has 0 saturated heterocycles.